The minimum Gasteiger partial charge on any atom is -0.487 e. The number of amides is 2. The van der Waals surface area contributed by atoms with E-state index in [9.17, 15) is 14.7 Å². The van der Waals surface area contributed by atoms with Crippen molar-refractivity contribution in [2.45, 2.75) is 69.2 Å². The lowest BCUT2D eigenvalue weighted by atomic mass is 9.84. The first kappa shape index (κ1) is 25.4. The fraction of sp³-hybridized carbons (Fsp3) is 0.704. The predicted octanol–water partition coefficient (Wildman–Crippen LogP) is 2.04. The van der Waals surface area contributed by atoms with Gasteiger partial charge in [0, 0.05) is 49.4 Å². The van der Waals surface area contributed by atoms with Gasteiger partial charge in [0.15, 0.2) is 0 Å². The average Bonchev–Trinajstić information content (AvgIpc) is 3.27. The normalized spacial score (nSPS) is 28.6. The van der Waals surface area contributed by atoms with Crippen LogP contribution >= 0.6 is 0 Å². The molecule has 9 nitrogen and oxygen atoms in total. The molecular formula is C27H39N3O6. The highest BCUT2D eigenvalue weighted by Crippen LogP contribution is 2.47. The number of rotatable bonds is 8. The predicted molar refractivity (Wildman–Crippen MR) is 134 cm³/mol. The Balaban J connectivity index is 1.18. The van der Waals surface area contributed by atoms with Crippen LogP contribution in [0, 0.1) is 5.92 Å². The van der Waals surface area contributed by atoms with Crippen LogP contribution in [0.15, 0.2) is 18.2 Å². The van der Waals surface area contributed by atoms with Crippen molar-refractivity contribution in [2.24, 2.45) is 5.92 Å². The summed E-state index contributed by atoms with van der Waals surface area (Å²) in [6.07, 6.45) is 5.04. The molecule has 0 unspecified atom stereocenters. The summed E-state index contributed by atoms with van der Waals surface area (Å²) < 4.78 is 17.6. The van der Waals surface area contributed by atoms with Gasteiger partial charge in [0.2, 0.25) is 11.8 Å². The Labute approximate surface area is 212 Å². The molecule has 0 bridgehead atoms. The Morgan fingerprint density at radius 3 is 2.69 bits per heavy atom. The number of nitrogens with zero attached hydrogens (tertiary/aromatic N) is 1. The fourth-order valence-corrected chi connectivity index (χ4v) is 5.99. The third kappa shape index (κ3) is 6.02. The van der Waals surface area contributed by atoms with Gasteiger partial charge >= 0.3 is 0 Å². The molecule has 0 saturated carbocycles. The van der Waals surface area contributed by atoms with Gasteiger partial charge in [-0.25, -0.2) is 0 Å². The number of carbonyl (C=O) groups is 2. The Morgan fingerprint density at radius 2 is 1.92 bits per heavy atom. The second-order valence-corrected chi connectivity index (χ2v) is 10.5. The summed E-state index contributed by atoms with van der Waals surface area (Å²) >= 11 is 0. The Bertz CT molecular complexity index is 915. The zero-order valence-electron chi connectivity index (χ0n) is 21.0. The number of hydrogen-bond donors (Lipinski definition) is 3. The second-order valence-electron chi connectivity index (χ2n) is 10.5. The van der Waals surface area contributed by atoms with E-state index in [1.54, 1.807) is 0 Å². The minimum atomic E-state index is -0.498. The van der Waals surface area contributed by atoms with Crippen LogP contribution in [-0.4, -0.2) is 86.1 Å². The fourth-order valence-electron chi connectivity index (χ4n) is 5.99. The molecule has 5 rings (SSSR count). The molecule has 2 amide bonds. The molecule has 9 heteroatoms. The molecule has 4 aliphatic rings. The molecule has 4 aliphatic heterocycles. The third-order valence-electron chi connectivity index (χ3n) is 7.97. The summed E-state index contributed by atoms with van der Waals surface area (Å²) in [5, 5.41) is 16.1. The maximum Gasteiger partial charge on any atom is 0.227 e. The number of anilines is 1. The summed E-state index contributed by atoms with van der Waals surface area (Å²) in [5.41, 5.74) is 1.75. The zero-order chi connectivity index (χ0) is 24.9. The number of piperidine rings is 1. The number of fused-ring (bicyclic) bond motifs is 3. The number of aliphatic hydroxyl groups is 1. The third-order valence-corrected chi connectivity index (χ3v) is 7.97. The highest BCUT2D eigenvalue weighted by molar-refractivity contribution is 5.92. The molecule has 0 radical (unpaired) electrons. The van der Waals surface area contributed by atoms with E-state index >= 15 is 0 Å². The molecule has 4 heterocycles. The number of benzene rings is 1. The van der Waals surface area contributed by atoms with E-state index in [0.717, 1.165) is 49.5 Å². The molecule has 1 aromatic rings. The van der Waals surface area contributed by atoms with Crippen LogP contribution < -0.4 is 15.4 Å². The lowest BCUT2D eigenvalue weighted by molar-refractivity contribution is -0.142. The molecule has 4 atom stereocenters. The summed E-state index contributed by atoms with van der Waals surface area (Å²) in [5.74, 6) is 0.715. The number of aliphatic hydroxyl groups excluding tert-OH is 1. The highest BCUT2D eigenvalue weighted by atomic mass is 16.6. The largest absolute Gasteiger partial charge is 0.487 e. The molecule has 3 N–H and O–H groups in total. The summed E-state index contributed by atoms with van der Waals surface area (Å²) in [4.78, 5) is 27.8. The van der Waals surface area contributed by atoms with Crippen LogP contribution in [0.3, 0.4) is 0 Å². The van der Waals surface area contributed by atoms with Crippen LogP contribution in [0.1, 0.15) is 56.4 Å². The molecule has 198 valence electrons. The van der Waals surface area contributed by atoms with Crippen LogP contribution in [0.4, 0.5) is 5.69 Å². The number of hydrogen-bond acceptors (Lipinski definition) is 7. The Hall–Kier alpha value is -2.20. The molecule has 0 aromatic heterocycles. The Morgan fingerprint density at radius 1 is 1.11 bits per heavy atom. The average molecular weight is 502 g/mol. The van der Waals surface area contributed by atoms with Gasteiger partial charge in [-0.1, -0.05) is 6.42 Å². The van der Waals surface area contributed by atoms with Gasteiger partial charge in [0.1, 0.15) is 18.0 Å². The molecule has 1 aromatic carbocycles. The van der Waals surface area contributed by atoms with Gasteiger partial charge in [-0.2, -0.15) is 0 Å². The minimum absolute atomic E-state index is 0.00279. The highest BCUT2D eigenvalue weighted by Gasteiger charge is 2.46. The topological polar surface area (TPSA) is 109 Å². The monoisotopic (exact) mass is 501 g/mol. The van der Waals surface area contributed by atoms with E-state index in [0.29, 0.717) is 26.2 Å². The maximum atomic E-state index is 12.7. The van der Waals surface area contributed by atoms with Gasteiger partial charge in [0.05, 0.1) is 19.1 Å². The van der Waals surface area contributed by atoms with Crippen molar-refractivity contribution >= 4 is 17.5 Å². The van der Waals surface area contributed by atoms with Crippen LogP contribution in [0.5, 0.6) is 5.75 Å². The molecule has 36 heavy (non-hydrogen) atoms. The summed E-state index contributed by atoms with van der Waals surface area (Å²) in [6.45, 7) is 4.81. The molecule has 0 aliphatic carbocycles. The van der Waals surface area contributed by atoms with Crippen molar-refractivity contribution in [3.63, 3.8) is 0 Å². The van der Waals surface area contributed by atoms with Crippen molar-refractivity contribution in [3.8, 4) is 5.75 Å². The first-order chi connectivity index (χ1) is 17.6. The van der Waals surface area contributed by atoms with Crippen LogP contribution in [0.2, 0.25) is 0 Å². The molecule has 3 saturated heterocycles. The van der Waals surface area contributed by atoms with Gasteiger partial charge in [-0.05, 0) is 63.4 Å². The van der Waals surface area contributed by atoms with Gasteiger partial charge in [-0.3, -0.25) is 9.59 Å². The maximum absolute atomic E-state index is 12.7. The van der Waals surface area contributed by atoms with E-state index in [1.807, 2.05) is 18.2 Å². The zero-order valence-corrected chi connectivity index (χ0v) is 21.0. The number of likely N-dealkylation sites (tertiary alicyclic amines) is 1. The first-order valence-corrected chi connectivity index (χ1v) is 13.6. The van der Waals surface area contributed by atoms with Crippen LogP contribution in [-0.2, 0) is 19.1 Å². The van der Waals surface area contributed by atoms with Gasteiger partial charge < -0.3 is 34.9 Å². The van der Waals surface area contributed by atoms with Gasteiger partial charge in [-0.15, -0.1) is 0 Å². The van der Waals surface area contributed by atoms with Crippen molar-refractivity contribution < 1.29 is 28.9 Å². The Kier molecular flexibility index (Phi) is 8.41. The lowest BCUT2D eigenvalue weighted by Gasteiger charge is -2.37. The number of nitrogens with one attached hydrogen (secondary N) is 2. The van der Waals surface area contributed by atoms with E-state index in [2.05, 4.69) is 15.5 Å². The van der Waals surface area contributed by atoms with Crippen molar-refractivity contribution in [1.29, 1.82) is 0 Å². The molecule has 3 fully saturated rings. The van der Waals surface area contributed by atoms with E-state index < -0.39 is 6.10 Å². The van der Waals surface area contributed by atoms with Crippen molar-refractivity contribution in [2.75, 3.05) is 51.3 Å². The smallest absolute Gasteiger partial charge is 0.227 e. The van der Waals surface area contributed by atoms with Crippen LogP contribution in [0.25, 0.3) is 0 Å². The van der Waals surface area contributed by atoms with Gasteiger partial charge in [0.25, 0.3) is 0 Å². The number of carbonyl (C=O) groups excluding carboxylic acids is 2. The molecular weight excluding hydrogens is 462 g/mol. The quantitative estimate of drug-likeness (QED) is 0.500. The van der Waals surface area contributed by atoms with E-state index in [1.165, 1.54) is 19.3 Å². The summed E-state index contributed by atoms with van der Waals surface area (Å²) in [7, 11) is 0. The van der Waals surface area contributed by atoms with E-state index in [4.69, 9.17) is 14.2 Å². The lowest BCUT2D eigenvalue weighted by Crippen LogP contribution is -2.47. The first-order valence-electron chi connectivity index (χ1n) is 13.6. The van der Waals surface area contributed by atoms with E-state index in [-0.39, 0.29) is 48.9 Å². The van der Waals surface area contributed by atoms with Crippen molar-refractivity contribution in [1.82, 2.24) is 10.2 Å². The second kappa shape index (κ2) is 11.9. The number of ether oxygens (including phenoxy) is 3. The summed E-state index contributed by atoms with van der Waals surface area (Å²) in [6, 6.07) is 5.71. The SMILES string of the molecule is O=C(C[C@@H]1C[C@H]2c3cc(NC(=O)C4CCOCC4)ccc3O[C@H]2[C@@H](CO)O1)NCCN1CCCCC1. The molecule has 0 spiro atoms. The van der Waals surface area contributed by atoms with Crippen molar-refractivity contribution in [3.05, 3.63) is 23.8 Å². The standard InChI is InChI=1S/C27H39N3O6/c31-17-24-26-22(15-20(35-24)16-25(32)28-8-11-30-9-2-1-3-10-30)21-14-19(4-5-23(21)36-26)29-27(33)18-6-12-34-13-7-18/h4-5,14,18,20,22,24,26,31H,1-3,6-13,15-17H2,(H,28,32)(H,29,33)/t20-,22-,24+,26+/m0/s1.